The SMILES string of the molecule is Cc1cc(C(=O)N(CCO)CCO)co1. The molecule has 1 amide bonds. The summed E-state index contributed by atoms with van der Waals surface area (Å²) in [7, 11) is 0. The number of hydrogen-bond acceptors (Lipinski definition) is 4. The topological polar surface area (TPSA) is 73.9 Å². The van der Waals surface area contributed by atoms with Gasteiger partial charge < -0.3 is 19.5 Å². The number of aryl methyl sites for hydroxylation is 1. The third-order valence-corrected chi connectivity index (χ3v) is 2.00. The average Bonchev–Trinajstić information content (AvgIpc) is 2.63. The second-order valence-corrected chi connectivity index (χ2v) is 3.19. The van der Waals surface area contributed by atoms with Gasteiger partial charge in [0.2, 0.25) is 0 Å². The van der Waals surface area contributed by atoms with Crippen molar-refractivity contribution < 1.29 is 19.4 Å². The fraction of sp³-hybridized carbons (Fsp3) is 0.500. The minimum Gasteiger partial charge on any atom is -0.469 e. The minimum absolute atomic E-state index is 0.122. The maximum Gasteiger partial charge on any atom is 0.257 e. The molecule has 0 aliphatic rings. The number of hydrogen-bond donors (Lipinski definition) is 2. The number of aliphatic hydroxyl groups is 2. The van der Waals surface area contributed by atoms with Crippen LogP contribution in [0.4, 0.5) is 0 Å². The molecule has 2 N–H and O–H groups in total. The average molecular weight is 213 g/mol. The fourth-order valence-corrected chi connectivity index (χ4v) is 1.29. The molecule has 0 aliphatic heterocycles. The van der Waals surface area contributed by atoms with Gasteiger partial charge in [-0.15, -0.1) is 0 Å². The van der Waals surface area contributed by atoms with Crippen molar-refractivity contribution in [3.63, 3.8) is 0 Å². The molecule has 1 heterocycles. The Bertz CT molecular complexity index is 315. The summed E-state index contributed by atoms with van der Waals surface area (Å²) in [5, 5.41) is 17.5. The lowest BCUT2D eigenvalue weighted by molar-refractivity contribution is 0.0684. The van der Waals surface area contributed by atoms with Gasteiger partial charge in [-0.3, -0.25) is 4.79 Å². The molecule has 0 aliphatic carbocycles. The maximum atomic E-state index is 11.8. The van der Waals surface area contributed by atoms with Crippen molar-refractivity contribution in [1.29, 1.82) is 0 Å². The standard InChI is InChI=1S/C10H15NO4/c1-8-6-9(7-15-8)10(14)11(2-4-12)3-5-13/h6-7,12-13H,2-5H2,1H3. The summed E-state index contributed by atoms with van der Waals surface area (Å²) in [6, 6.07) is 1.63. The van der Waals surface area contributed by atoms with Crippen LogP contribution in [0.1, 0.15) is 16.1 Å². The number of amides is 1. The van der Waals surface area contributed by atoms with Gasteiger partial charge in [0, 0.05) is 13.1 Å². The molecule has 84 valence electrons. The van der Waals surface area contributed by atoms with Crippen LogP contribution in [0.5, 0.6) is 0 Å². The van der Waals surface area contributed by atoms with Crippen LogP contribution in [0, 0.1) is 6.92 Å². The molecule has 1 rings (SSSR count). The van der Waals surface area contributed by atoms with Crippen LogP contribution in [0.2, 0.25) is 0 Å². The fourth-order valence-electron chi connectivity index (χ4n) is 1.29. The number of carbonyl (C=O) groups excluding carboxylic acids is 1. The molecule has 0 spiro atoms. The summed E-state index contributed by atoms with van der Waals surface area (Å²) < 4.78 is 5.02. The van der Waals surface area contributed by atoms with Gasteiger partial charge in [0.1, 0.15) is 12.0 Å². The smallest absolute Gasteiger partial charge is 0.257 e. The van der Waals surface area contributed by atoms with Crippen molar-refractivity contribution in [2.45, 2.75) is 6.92 Å². The highest BCUT2D eigenvalue weighted by Crippen LogP contribution is 2.09. The Balaban J connectivity index is 2.71. The highest BCUT2D eigenvalue weighted by Gasteiger charge is 2.16. The zero-order valence-corrected chi connectivity index (χ0v) is 8.64. The predicted molar refractivity (Wildman–Crippen MR) is 53.5 cm³/mol. The van der Waals surface area contributed by atoms with Crippen molar-refractivity contribution in [2.75, 3.05) is 26.3 Å². The lowest BCUT2D eigenvalue weighted by atomic mass is 10.2. The largest absolute Gasteiger partial charge is 0.469 e. The van der Waals surface area contributed by atoms with Crippen molar-refractivity contribution in [1.82, 2.24) is 4.90 Å². The summed E-state index contributed by atoms with van der Waals surface area (Å²) in [4.78, 5) is 13.2. The highest BCUT2D eigenvalue weighted by atomic mass is 16.3. The van der Waals surface area contributed by atoms with E-state index >= 15 is 0 Å². The molecule has 15 heavy (non-hydrogen) atoms. The molecular formula is C10H15NO4. The zero-order chi connectivity index (χ0) is 11.3. The van der Waals surface area contributed by atoms with Crippen LogP contribution >= 0.6 is 0 Å². The van der Waals surface area contributed by atoms with E-state index in [2.05, 4.69) is 0 Å². The molecule has 0 unspecified atom stereocenters. The number of nitrogens with zero attached hydrogens (tertiary/aromatic N) is 1. The third-order valence-electron chi connectivity index (χ3n) is 2.00. The van der Waals surface area contributed by atoms with E-state index in [1.165, 1.54) is 11.2 Å². The summed E-state index contributed by atoms with van der Waals surface area (Å²) in [5.41, 5.74) is 0.439. The van der Waals surface area contributed by atoms with Crippen molar-refractivity contribution in [3.8, 4) is 0 Å². The Morgan fingerprint density at radius 2 is 2.00 bits per heavy atom. The Hall–Kier alpha value is -1.33. The predicted octanol–water partition coefficient (Wildman–Crippen LogP) is 0.0148. The van der Waals surface area contributed by atoms with E-state index in [1.807, 2.05) is 0 Å². The molecule has 5 heteroatoms. The second kappa shape index (κ2) is 5.53. The van der Waals surface area contributed by atoms with Crippen LogP contribution in [-0.4, -0.2) is 47.3 Å². The second-order valence-electron chi connectivity index (χ2n) is 3.19. The third kappa shape index (κ3) is 3.07. The first-order valence-electron chi connectivity index (χ1n) is 4.75. The van der Waals surface area contributed by atoms with Gasteiger partial charge in [-0.25, -0.2) is 0 Å². The van der Waals surface area contributed by atoms with E-state index in [0.717, 1.165) is 0 Å². The maximum absolute atomic E-state index is 11.8. The van der Waals surface area contributed by atoms with Gasteiger partial charge in [0.15, 0.2) is 0 Å². The summed E-state index contributed by atoms with van der Waals surface area (Å²) >= 11 is 0. The minimum atomic E-state index is -0.241. The number of furan rings is 1. The monoisotopic (exact) mass is 213 g/mol. The molecule has 0 saturated heterocycles. The molecule has 0 fully saturated rings. The molecule has 0 atom stereocenters. The number of carbonyl (C=O) groups is 1. The summed E-state index contributed by atoms with van der Waals surface area (Å²) in [6.07, 6.45) is 1.37. The molecule has 5 nitrogen and oxygen atoms in total. The van der Waals surface area contributed by atoms with E-state index in [9.17, 15) is 4.79 Å². The lowest BCUT2D eigenvalue weighted by Crippen LogP contribution is -2.35. The molecule has 0 radical (unpaired) electrons. The lowest BCUT2D eigenvalue weighted by Gasteiger charge is -2.19. The zero-order valence-electron chi connectivity index (χ0n) is 8.64. The van der Waals surface area contributed by atoms with Gasteiger partial charge in [-0.2, -0.15) is 0 Å². The van der Waals surface area contributed by atoms with Gasteiger partial charge in [-0.05, 0) is 13.0 Å². The van der Waals surface area contributed by atoms with Gasteiger partial charge in [-0.1, -0.05) is 0 Å². The van der Waals surface area contributed by atoms with Crippen molar-refractivity contribution >= 4 is 5.91 Å². The van der Waals surface area contributed by atoms with Crippen LogP contribution in [0.15, 0.2) is 16.7 Å². The van der Waals surface area contributed by atoms with Crippen LogP contribution < -0.4 is 0 Å². The highest BCUT2D eigenvalue weighted by molar-refractivity contribution is 5.94. The Kier molecular flexibility index (Phi) is 4.33. The number of rotatable bonds is 5. The molecule has 0 bridgehead atoms. The van der Waals surface area contributed by atoms with Gasteiger partial charge >= 0.3 is 0 Å². The van der Waals surface area contributed by atoms with E-state index < -0.39 is 0 Å². The first-order chi connectivity index (χ1) is 7.19. The molecule has 1 aromatic rings. The summed E-state index contributed by atoms with van der Waals surface area (Å²) in [6.45, 7) is 1.93. The summed E-state index contributed by atoms with van der Waals surface area (Å²) in [5.74, 6) is 0.418. The van der Waals surface area contributed by atoms with Crippen LogP contribution in [0.3, 0.4) is 0 Å². The van der Waals surface area contributed by atoms with E-state index in [4.69, 9.17) is 14.6 Å². The first kappa shape index (κ1) is 11.7. The van der Waals surface area contributed by atoms with E-state index in [1.54, 1.807) is 13.0 Å². The van der Waals surface area contributed by atoms with Crippen molar-refractivity contribution in [2.24, 2.45) is 0 Å². The van der Waals surface area contributed by atoms with E-state index in [0.29, 0.717) is 11.3 Å². The van der Waals surface area contributed by atoms with Crippen LogP contribution in [0.25, 0.3) is 0 Å². The molecule has 1 aromatic heterocycles. The molecule has 0 aromatic carbocycles. The van der Waals surface area contributed by atoms with Gasteiger partial charge in [0.05, 0.1) is 18.8 Å². The van der Waals surface area contributed by atoms with Crippen LogP contribution in [-0.2, 0) is 0 Å². The van der Waals surface area contributed by atoms with E-state index in [-0.39, 0.29) is 32.2 Å². The first-order valence-corrected chi connectivity index (χ1v) is 4.75. The molecule has 0 saturated carbocycles. The number of aliphatic hydroxyl groups excluding tert-OH is 2. The Labute approximate surface area is 87.9 Å². The Morgan fingerprint density at radius 1 is 1.40 bits per heavy atom. The van der Waals surface area contributed by atoms with Gasteiger partial charge in [0.25, 0.3) is 5.91 Å². The molecular weight excluding hydrogens is 198 g/mol. The quantitative estimate of drug-likeness (QED) is 0.722. The van der Waals surface area contributed by atoms with Crippen molar-refractivity contribution in [3.05, 3.63) is 23.7 Å². The normalized spacial score (nSPS) is 10.3. The Morgan fingerprint density at radius 3 is 2.40 bits per heavy atom.